The van der Waals surface area contributed by atoms with Crippen LogP contribution in [0.3, 0.4) is 0 Å². The van der Waals surface area contributed by atoms with Crippen molar-refractivity contribution in [3.8, 4) is 5.82 Å². The van der Waals surface area contributed by atoms with E-state index in [0.717, 1.165) is 16.4 Å². The van der Waals surface area contributed by atoms with Gasteiger partial charge in [-0.2, -0.15) is 22.6 Å². The Morgan fingerprint density at radius 1 is 1.00 bits per heavy atom. The van der Waals surface area contributed by atoms with E-state index in [0.29, 0.717) is 30.8 Å². The lowest BCUT2D eigenvalue weighted by atomic mass is 10.2. The second-order valence-corrected chi connectivity index (χ2v) is 9.06. The molecule has 4 rings (SSSR count). The number of anilines is 1. The van der Waals surface area contributed by atoms with Crippen LogP contribution in [0.2, 0.25) is 5.02 Å². The third-order valence-electron chi connectivity index (χ3n) is 4.82. The molecule has 0 radical (unpaired) electrons. The highest BCUT2D eigenvalue weighted by Crippen LogP contribution is 2.36. The lowest BCUT2D eigenvalue weighted by Gasteiger charge is -2.34. The van der Waals surface area contributed by atoms with Gasteiger partial charge in [-0.05, 0) is 24.3 Å². The van der Waals surface area contributed by atoms with Gasteiger partial charge in [-0.15, -0.1) is 0 Å². The molecule has 0 saturated carbocycles. The first kappa shape index (κ1) is 21.5. The maximum atomic E-state index is 13.1. The molecule has 8 nitrogen and oxygen atoms in total. The molecule has 1 aromatic carbocycles. The largest absolute Gasteiger partial charge is 0.417 e. The normalized spacial score (nSPS) is 15.9. The molecule has 0 unspecified atom stereocenters. The number of hydrogen-bond acceptors (Lipinski definition) is 6. The number of nitrogens with zero attached hydrogens (tertiary/aromatic N) is 6. The number of sulfonamides is 1. The Kier molecular flexibility index (Phi) is 5.62. The summed E-state index contributed by atoms with van der Waals surface area (Å²) in [6.45, 7) is 0.809. The minimum atomic E-state index is -4.75. The summed E-state index contributed by atoms with van der Waals surface area (Å²) in [5.74, 6) is 1.16. The van der Waals surface area contributed by atoms with Crippen LogP contribution in [0.1, 0.15) is 5.56 Å². The highest BCUT2D eigenvalue weighted by molar-refractivity contribution is 7.89. The Labute approximate surface area is 180 Å². The van der Waals surface area contributed by atoms with Gasteiger partial charge >= 0.3 is 6.18 Å². The van der Waals surface area contributed by atoms with Crippen molar-refractivity contribution in [1.82, 2.24) is 24.1 Å². The fourth-order valence-electron chi connectivity index (χ4n) is 3.23. The predicted octanol–water partition coefficient (Wildman–Crippen LogP) is 2.85. The minimum Gasteiger partial charge on any atom is -0.354 e. The van der Waals surface area contributed by atoms with Crippen molar-refractivity contribution in [3.63, 3.8) is 0 Å². The van der Waals surface area contributed by atoms with Crippen LogP contribution in [0.4, 0.5) is 19.0 Å². The Hall–Kier alpha value is -2.70. The zero-order valence-electron chi connectivity index (χ0n) is 15.9. The molecule has 0 bridgehead atoms. The number of alkyl halides is 3. The minimum absolute atomic E-state index is 0.0907. The number of hydrogen-bond donors (Lipinski definition) is 0. The Morgan fingerprint density at radius 2 is 1.71 bits per heavy atom. The number of rotatable bonds is 4. The molecule has 31 heavy (non-hydrogen) atoms. The van der Waals surface area contributed by atoms with Crippen LogP contribution < -0.4 is 4.90 Å². The summed E-state index contributed by atoms with van der Waals surface area (Å²) in [6, 6.07) is 6.09. The van der Waals surface area contributed by atoms with Crippen LogP contribution in [0.25, 0.3) is 5.82 Å². The van der Waals surface area contributed by atoms with E-state index < -0.39 is 31.7 Å². The predicted molar refractivity (Wildman–Crippen MR) is 107 cm³/mol. The first-order valence-corrected chi connectivity index (χ1v) is 10.9. The monoisotopic (exact) mass is 472 g/mol. The first-order valence-electron chi connectivity index (χ1n) is 9.10. The molecule has 0 atom stereocenters. The molecule has 1 aliphatic heterocycles. The van der Waals surface area contributed by atoms with Crippen molar-refractivity contribution in [2.24, 2.45) is 0 Å². The zero-order valence-corrected chi connectivity index (χ0v) is 17.4. The average molecular weight is 473 g/mol. The summed E-state index contributed by atoms with van der Waals surface area (Å²) in [7, 11) is -4.11. The molecule has 0 spiro atoms. The van der Waals surface area contributed by atoms with Crippen molar-refractivity contribution in [3.05, 3.63) is 59.6 Å². The van der Waals surface area contributed by atoms with Crippen LogP contribution in [0, 0.1) is 0 Å². The molecule has 2 aromatic heterocycles. The van der Waals surface area contributed by atoms with Crippen molar-refractivity contribution in [2.75, 3.05) is 31.1 Å². The van der Waals surface area contributed by atoms with E-state index in [1.54, 1.807) is 29.2 Å². The highest BCUT2D eigenvalue weighted by Gasteiger charge is 2.36. The summed E-state index contributed by atoms with van der Waals surface area (Å²) < 4.78 is 67.9. The van der Waals surface area contributed by atoms with Crippen LogP contribution in [0.5, 0.6) is 0 Å². The van der Waals surface area contributed by atoms with Gasteiger partial charge in [0.15, 0.2) is 5.82 Å². The van der Waals surface area contributed by atoms with Crippen molar-refractivity contribution >= 4 is 27.4 Å². The summed E-state index contributed by atoms with van der Waals surface area (Å²) in [5.41, 5.74) is -1.18. The molecule has 3 aromatic rings. The highest BCUT2D eigenvalue weighted by atomic mass is 35.5. The van der Waals surface area contributed by atoms with Gasteiger partial charge < -0.3 is 4.90 Å². The molecule has 0 N–H and O–H groups in total. The molecule has 3 heterocycles. The van der Waals surface area contributed by atoms with Gasteiger partial charge in [0.1, 0.15) is 12.1 Å². The fraction of sp³-hybridized carbons (Fsp3) is 0.278. The quantitative estimate of drug-likeness (QED) is 0.580. The van der Waals surface area contributed by atoms with E-state index in [2.05, 4.69) is 15.1 Å². The number of benzene rings is 1. The summed E-state index contributed by atoms with van der Waals surface area (Å²) in [4.78, 5) is 9.83. The molecule has 1 saturated heterocycles. The summed E-state index contributed by atoms with van der Waals surface area (Å²) >= 11 is 5.60. The topological polar surface area (TPSA) is 84.2 Å². The average Bonchev–Trinajstić information content (AvgIpc) is 3.28. The Bertz CT molecular complexity index is 1180. The molecular weight excluding hydrogens is 457 g/mol. The standard InChI is InChI=1S/C18H16ClF3N6O2S/c19-15-3-2-13(10-14(15)18(20,21)22)31(29,30)27-8-6-26(7-9-27)16-11-17(24-12-23-16)28-5-1-4-25-28/h1-5,10-12H,6-9H2. The van der Waals surface area contributed by atoms with E-state index in [1.165, 1.54) is 6.33 Å². The Morgan fingerprint density at radius 3 is 2.35 bits per heavy atom. The van der Waals surface area contributed by atoms with Gasteiger partial charge in [0.2, 0.25) is 10.0 Å². The van der Waals surface area contributed by atoms with Crippen molar-refractivity contribution in [2.45, 2.75) is 11.1 Å². The van der Waals surface area contributed by atoms with Crippen molar-refractivity contribution < 1.29 is 21.6 Å². The maximum absolute atomic E-state index is 13.1. The molecule has 0 aliphatic carbocycles. The molecule has 0 amide bonds. The summed E-state index contributed by atoms with van der Waals surface area (Å²) in [5, 5.41) is 3.56. The zero-order chi connectivity index (χ0) is 22.2. The SMILES string of the molecule is O=S(=O)(c1ccc(Cl)c(C(F)(F)F)c1)N1CCN(c2cc(-n3cccn3)ncn2)CC1. The number of piperazine rings is 1. The Balaban J connectivity index is 1.51. The lowest BCUT2D eigenvalue weighted by Crippen LogP contribution is -2.49. The van der Waals surface area contributed by atoms with E-state index in [1.807, 2.05) is 4.90 Å². The van der Waals surface area contributed by atoms with Gasteiger partial charge in [0, 0.05) is 44.6 Å². The van der Waals surface area contributed by atoms with Gasteiger partial charge in [-0.1, -0.05) is 11.6 Å². The third-order valence-corrected chi connectivity index (χ3v) is 7.05. The van der Waals surface area contributed by atoms with E-state index in [4.69, 9.17) is 11.6 Å². The number of aromatic nitrogens is 4. The third kappa shape index (κ3) is 4.36. The van der Waals surface area contributed by atoms with Gasteiger partial charge in [0.05, 0.1) is 15.5 Å². The molecule has 1 fully saturated rings. The molecule has 164 valence electrons. The second kappa shape index (κ2) is 8.09. The lowest BCUT2D eigenvalue weighted by molar-refractivity contribution is -0.137. The van der Waals surface area contributed by atoms with Crippen LogP contribution in [0.15, 0.2) is 53.9 Å². The van der Waals surface area contributed by atoms with E-state index in [9.17, 15) is 21.6 Å². The smallest absolute Gasteiger partial charge is 0.354 e. The van der Waals surface area contributed by atoms with E-state index >= 15 is 0 Å². The molecular formula is C18H16ClF3N6O2S. The van der Waals surface area contributed by atoms with Crippen molar-refractivity contribution in [1.29, 1.82) is 0 Å². The number of halogens is 4. The van der Waals surface area contributed by atoms with E-state index in [-0.39, 0.29) is 13.1 Å². The second-order valence-electron chi connectivity index (χ2n) is 6.72. The first-order chi connectivity index (χ1) is 14.7. The van der Waals surface area contributed by atoms with Crippen LogP contribution in [-0.4, -0.2) is 58.7 Å². The van der Waals surface area contributed by atoms with Crippen LogP contribution >= 0.6 is 11.6 Å². The molecule has 13 heteroatoms. The van der Waals surface area contributed by atoms with Gasteiger partial charge in [0.25, 0.3) is 0 Å². The van der Waals surface area contributed by atoms with Gasteiger partial charge in [-0.25, -0.2) is 23.1 Å². The van der Waals surface area contributed by atoms with Crippen LogP contribution in [-0.2, 0) is 16.2 Å². The molecule has 1 aliphatic rings. The summed E-state index contributed by atoms with van der Waals surface area (Å²) in [6.07, 6.45) is -0.00717. The fourth-order valence-corrected chi connectivity index (χ4v) is 4.90. The van der Waals surface area contributed by atoms with Gasteiger partial charge in [-0.3, -0.25) is 0 Å². The maximum Gasteiger partial charge on any atom is 0.417 e.